The van der Waals surface area contributed by atoms with Crippen LogP contribution >= 0.6 is 0 Å². The number of hydrogen-bond donors (Lipinski definition) is 2. The number of hydrogen-bond acceptors (Lipinski definition) is 3. The average Bonchev–Trinajstić information content (AvgIpc) is 2.38. The van der Waals surface area contributed by atoms with Gasteiger partial charge >= 0.3 is 6.03 Å². The molecule has 0 aromatic carbocycles. The van der Waals surface area contributed by atoms with Gasteiger partial charge in [-0.25, -0.2) is 9.78 Å². The first-order valence-corrected chi connectivity index (χ1v) is 6.30. The third kappa shape index (κ3) is 4.00. The maximum absolute atomic E-state index is 11.7. The van der Waals surface area contributed by atoms with E-state index in [4.69, 9.17) is 4.74 Å². The lowest BCUT2D eigenvalue weighted by atomic mass is 10.0. The van der Waals surface area contributed by atoms with Gasteiger partial charge in [0.2, 0.25) is 0 Å². The van der Waals surface area contributed by atoms with Crippen molar-refractivity contribution in [1.82, 2.24) is 10.3 Å². The Morgan fingerprint density at radius 3 is 2.94 bits per heavy atom. The van der Waals surface area contributed by atoms with Crippen LogP contribution in [0, 0.1) is 12.8 Å². The molecule has 1 aromatic heterocycles. The fraction of sp³-hybridized carbons (Fsp3) is 0.538. The SMILES string of the molecule is Cc1cccc(NC(=O)NCC2CCOCC2)n1. The summed E-state index contributed by atoms with van der Waals surface area (Å²) < 4.78 is 5.28. The summed E-state index contributed by atoms with van der Waals surface area (Å²) in [5, 5.41) is 5.60. The van der Waals surface area contributed by atoms with E-state index in [1.165, 1.54) is 0 Å². The van der Waals surface area contributed by atoms with Crippen LogP contribution in [0.4, 0.5) is 10.6 Å². The minimum absolute atomic E-state index is 0.195. The molecular formula is C13H19N3O2. The normalized spacial score (nSPS) is 16.3. The fourth-order valence-corrected chi connectivity index (χ4v) is 1.96. The minimum Gasteiger partial charge on any atom is -0.381 e. The number of urea groups is 1. The van der Waals surface area contributed by atoms with E-state index < -0.39 is 0 Å². The molecule has 1 aromatic rings. The van der Waals surface area contributed by atoms with E-state index in [1.807, 2.05) is 19.1 Å². The van der Waals surface area contributed by atoms with Gasteiger partial charge in [-0.3, -0.25) is 5.32 Å². The molecule has 98 valence electrons. The van der Waals surface area contributed by atoms with E-state index >= 15 is 0 Å². The summed E-state index contributed by atoms with van der Waals surface area (Å²) in [5.74, 6) is 1.11. The number of rotatable bonds is 3. The first kappa shape index (κ1) is 12.8. The average molecular weight is 249 g/mol. The summed E-state index contributed by atoms with van der Waals surface area (Å²) in [5.41, 5.74) is 0.886. The van der Waals surface area contributed by atoms with Crippen LogP contribution in [0.1, 0.15) is 18.5 Å². The van der Waals surface area contributed by atoms with Crippen LogP contribution in [0.5, 0.6) is 0 Å². The van der Waals surface area contributed by atoms with Crippen molar-refractivity contribution in [3.8, 4) is 0 Å². The lowest BCUT2D eigenvalue weighted by Gasteiger charge is -2.22. The van der Waals surface area contributed by atoms with E-state index in [1.54, 1.807) is 6.07 Å². The maximum atomic E-state index is 11.7. The number of nitrogens with zero attached hydrogens (tertiary/aromatic N) is 1. The fourth-order valence-electron chi connectivity index (χ4n) is 1.96. The second-order valence-electron chi connectivity index (χ2n) is 4.55. The standard InChI is InChI=1S/C13H19N3O2/c1-10-3-2-4-12(15-10)16-13(17)14-9-11-5-7-18-8-6-11/h2-4,11H,5-9H2,1H3,(H2,14,15,16,17). The van der Waals surface area contributed by atoms with E-state index in [0.29, 0.717) is 18.3 Å². The molecule has 0 saturated carbocycles. The van der Waals surface area contributed by atoms with Gasteiger partial charge in [0.1, 0.15) is 5.82 Å². The van der Waals surface area contributed by atoms with Gasteiger partial charge in [0.15, 0.2) is 0 Å². The van der Waals surface area contributed by atoms with Crippen LogP contribution in [-0.2, 0) is 4.74 Å². The van der Waals surface area contributed by atoms with E-state index in [2.05, 4.69) is 15.6 Å². The molecule has 2 rings (SSSR count). The zero-order valence-corrected chi connectivity index (χ0v) is 10.6. The number of aromatic nitrogens is 1. The Labute approximate surface area is 107 Å². The van der Waals surface area contributed by atoms with Gasteiger partial charge in [-0.05, 0) is 37.8 Å². The number of ether oxygens (including phenoxy) is 1. The van der Waals surface area contributed by atoms with Crippen LogP contribution in [0.3, 0.4) is 0 Å². The van der Waals surface area contributed by atoms with Crippen LogP contribution < -0.4 is 10.6 Å². The van der Waals surface area contributed by atoms with Crippen LogP contribution in [0.2, 0.25) is 0 Å². The third-order valence-electron chi connectivity index (χ3n) is 3.02. The molecule has 5 heteroatoms. The zero-order chi connectivity index (χ0) is 12.8. The minimum atomic E-state index is -0.195. The molecule has 1 aliphatic rings. The number of carbonyl (C=O) groups is 1. The largest absolute Gasteiger partial charge is 0.381 e. The molecule has 1 saturated heterocycles. The van der Waals surface area contributed by atoms with Crippen molar-refractivity contribution < 1.29 is 9.53 Å². The molecule has 0 atom stereocenters. The highest BCUT2D eigenvalue weighted by atomic mass is 16.5. The van der Waals surface area contributed by atoms with Gasteiger partial charge < -0.3 is 10.1 Å². The van der Waals surface area contributed by atoms with Crippen molar-refractivity contribution >= 4 is 11.8 Å². The molecule has 2 heterocycles. The Bertz CT molecular complexity index is 403. The van der Waals surface area contributed by atoms with Crippen molar-refractivity contribution in [2.45, 2.75) is 19.8 Å². The molecule has 2 N–H and O–H groups in total. The highest BCUT2D eigenvalue weighted by Crippen LogP contribution is 2.13. The van der Waals surface area contributed by atoms with Gasteiger partial charge in [0.25, 0.3) is 0 Å². The van der Waals surface area contributed by atoms with Gasteiger partial charge in [0.05, 0.1) is 0 Å². The summed E-state index contributed by atoms with van der Waals surface area (Å²) in [6.07, 6.45) is 2.03. The van der Waals surface area contributed by atoms with Crippen LogP contribution in [0.15, 0.2) is 18.2 Å². The lowest BCUT2D eigenvalue weighted by molar-refractivity contribution is 0.0671. The summed E-state index contributed by atoms with van der Waals surface area (Å²) in [4.78, 5) is 15.9. The zero-order valence-electron chi connectivity index (χ0n) is 10.6. The van der Waals surface area contributed by atoms with Crippen molar-refractivity contribution in [2.75, 3.05) is 25.1 Å². The number of aryl methyl sites for hydroxylation is 1. The third-order valence-corrected chi connectivity index (χ3v) is 3.02. The molecule has 2 amide bonds. The maximum Gasteiger partial charge on any atom is 0.320 e. The van der Waals surface area contributed by atoms with Gasteiger partial charge in [0, 0.05) is 25.5 Å². The topological polar surface area (TPSA) is 63.2 Å². The second kappa shape index (κ2) is 6.35. The second-order valence-corrected chi connectivity index (χ2v) is 4.55. The molecule has 0 bridgehead atoms. The van der Waals surface area contributed by atoms with E-state index in [0.717, 1.165) is 31.7 Å². The molecule has 1 aliphatic heterocycles. The van der Waals surface area contributed by atoms with Gasteiger partial charge in [-0.1, -0.05) is 6.07 Å². The van der Waals surface area contributed by atoms with Gasteiger partial charge in [-0.2, -0.15) is 0 Å². The number of nitrogens with one attached hydrogen (secondary N) is 2. The Kier molecular flexibility index (Phi) is 4.52. The summed E-state index contributed by atoms with van der Waals surface area (Å²) in [6.45, 7) is 4.19. The molecule has 0 unspecified atom stereocenters. The first-order chi connectivity index (χ1) is 8.74. The molecule has 18 heavy (non-hydrogen) atoms. The summed E-state index contributed by atoms with van der Waals surface area (Å²) in [6, 6.07) is 5.35. The van der Waals surface area contributed by atoms with Crippen LogP contribution in [-0.4, -0.2) is 30.8 Å². The lowest BCUT2D eigenvalue weighted by Crippen LogP contribution is -2.35. The molecule has 0 spiro atoms. The highest BCUT2D eigenvalue weighted by Gasteiger charge is 2.14. The Morgan fingerprint density at radius 2 is 2.22 bits per heavy atom. The smallest absolute Gasteiger partial charge is 0.320 e. The molecule has 0 radical (unpaired) electrons. The molecular weight excluding hydrogens is 230 g/mol. The summed E-state index contributed by atoms with van der Waals surface area (Å²) >= 11 is 0. The molecule has 0 aliphatic carbocycles. The predicted octanol–water partition coefficient (Wildman–Crippen LogP) is 1.94. The molecule has 1 fully saturated rings. The highest BCUT2D eigenvalue weighted by molar-refractivity contribution is 5.88. The number of amides is 2. The quantitative estimate of drug-likeness (QED) is 0.860. The van der Waals surface area contributed by atoms with Crippen LogP contribution in [0.25, 0.3) is 0 Å². The van der Waals surface area contributed by atoms with E-state index in [-0.39, 0.29) is 6.03 Å². The van der Waals surface area contributed by atoms with Gasteiger partial charge in [-0.15, -0.1) is 0 Å². The Morgan fingerprint density at radius 1 is 1.44 bits per heavy atom. The monoisotopic (exact) mass is 249 g/mol. The van der Waals surface area contributed by atoms with Crippen molar-refractivity contribution in [1.29, 1.82) is 0 Å². The summed E-state index contributed by atoms with van der Waals surface area (Å²) in [7, 11) is 0. The number of carbonyl (C=O) groups excluding carboxylic acids is 1. The van der Waals surface area contributed by atoms with Crippen molar-refractivity contribution in [3.63, 3.8) is 0 Å². The first-order valence-electron chi connectivity index (χ1n) is 6.30. The van der Waals surface area contributed by atoms with Crippen molar-refractivity contribution in [3.05, 3.63) is 23.9 Å². The molecule has 5 nitrogen and oxygen atoms in total. The Hall–Kier alpha value is -1.62. The number of pyridine rings is 1. The predicted molar refractivity (Wildman–Crippen MR) is 69.5 cm³/mol. The Balaban J connectivity index is 1.74. The van der Waals surface area contributed by atoms with Crippen molar-refractivity contribution in [2.24, 2.45) is 5.92 Å². The van der Waals surface area contributed by atoms with E-state index in [9.17, 15) is 4.79 Å². The number of anilines is 1.